The molecule has 2 aromatic rings. The second-order valence-electron chi connectivity index (χ2n) is 4.71. The van der Waals surface area contributed by atoms with Gasteiger partial charge in [0, 0.05) is 39.6 Å². The van der Waals surface area contributed by atoms with Crippen molar-refractivity contribution < 1.29 is 4.79 Å². The van der Waals surface area contributed by atoms with Crippen molar-refractivity contribution in [1.29, 1.82) is 0 Å². The number of carbonyl (C=O) groups is 1. The van der Waals surface area contributed by atoms with Gasteiger partial charge in [-0.1, -0.05) is 12.1 Å². The molecule has 0 aliphatic rings. The molecule has 0 aliphatic heterocycles. The summed E-state index contributed by atoms with van der Waals surface area (Å²) in [6.45, 7) is 0.581. The van der Waals surface area contributed by atoms with Crippen LogP contribution in [0.3, 0.4) is 0 Å². The van der Waals surface area contributed by atoms with Crippen LogP contribution in [-0.4, -0.2) is 42.1 Å². The van der Waals surface area contributed by atoms with Crippen LogP contribution in [0.4, 0.5) is 5.69 Å². The van der Waals surface area contributed by atoms with Gasteiger partial charge in [0.2, 0.25) is 0 Å². The fourth-order valence-corrected chi connectivity index (χ4v) is 1.83. The summed E-state index contributed by atoms with van der Waals surface area (Å²) in [5.41, 5.74) is 2.82. The highest BCUT2D eigenvalue weighted by Crippen LogP contribution is 2.14. The lowest BCUT2D eigenvalue weighted by Gasteiger charge is -2.17. The van der Waals surface area contributed by atoms with Gasteiger partial charge in [0.15, 0.2) is 0 Å². The average Bonchev–Trinajstić information content (AvgIpc) is 2.92. The number of benzene rings is 1. The zero-order valence-electron chi connectivity index (χ0n) is 11.4. The Hall–Kier alpha value is -2.30. The number of hydrogen-bond donors (Lipinski definition) is 1. The monoisotopic (exact) mass is 258 g/mol. The third kappa shape index (κ3) is 3.13. The summed E-state index contributed by atoms with van der Waals surface area (Å²) in [5.74, 6) is -0.0366. The van der Waals surface area contributed by atoms with E-state index >= 15 is 0 Å². The van der Waals surface area contributed by atoms with Gasteiger partial charge in [-0.3, -0.25) is 9.89 Å². The van der Waals surface area contributed by atoms with Crippen molar-refractivity contribution in [2.75, 3.05) is 26.0 Å². The SMILES string of the molecule is CN(Cc1ccc(N(C)C)cc1)C(=O)c1cn[nH]c1. The molecule has 0 atom stereocenters. The molecular weight excluding hydrogens is 240 g/mol. The van der Waals surface area contributed by atoms with E-state index in [1.807, 2.05) is 43.3 Å². The van der Waals surface area contributed by atoms with Gasteiger partial charge in [0.25, 0.3) is 5.91 Å². The number of hydrogen-bond acceptors (Lipinski definition) is 3. The fraction of sp³-hybridized carbons (Fsp3) is 0.286. The van der Waals surface area contributed by atoms with Gasteiger partial charge in [0.05, 0.1) is 11.8 Å². The summed E-state index contributed by atoms with van der Waals surface area (Å²) in [6.07, 6.45) is 3.14. The molecular formula is C14H18N4O. The number of nitrogens with zero attached hydrogens (tertiary/aromatic N) is 3. The van der Waals surface area contributed by atoms with Gasteiger partial charge < -0.3 is 9.80 Å². The summed E-state index contributed by atoms with van der Waals surface area (Å²) in [5, 5.41) is 6.43. The minimum atomic E-state index is -0.0366. The van der Waals surface area contributed by atoms with Crippen molar-refractivity contribution in [1.82, 2.24) is 15.1 Å². The van der Waals surface area contributed by atoms with Crippen molar-refractivity contribution >= 4 is 11.6 Å². The van der Waals surface area contributed by atoms with E-state index in [2.05, 4.69) is 10.2 Å². The number of anilines is 1. The smallest absolute Gasteiger partial charge is 0.257 e. The van der Waals surface area contributed by atoms with Crippen LogP contribution < -0.4 is 4.90 Å². The van der Waals surface area contributed by atoms with Crippen molar-refractivity contribution in [3.63, 3.8) is 0 Å². The van der Waals surface area contributed by atoms with E-state index < -0.39 is 0 Å². The van der Waals surface area contributed by atoms with E-state index in [1.165, 1.54) is 6.20 Å². The number of rotatable bonds is 4. The molecule has 0 spiro atoms. The summed E-state index contributed by atoms with van der Waals surface area (Å²) < 4.78 is 0. The van der Waals surface area contributed by atoms with Gasteiger partial charge in [-0.25, -0.2) is 0 Å². The Morgan fingerprint density at radius 2 is 1.89 bits per heavy atom. The Balaban J connectivity index is 2.02. The van der Waals surface area contributed by atoms with Crippen LogP contribution in [0.15, 0.2) is 36.7 Å². The average molecular weight is 258 g/mol. The molecule has 0 saturated heterocycles. The predicted octanol–water partition coefficient (Wildman–Crippen LogP) is 1.75. The normalized spacial score (nSPS) is 10.3. The number of nitrogens with one attached hydrogen (secondary N) is 1. The van der Waals surface area contributed by atoms with E-state index in [9.17, 15) is 4.79 Å². The molecule has 0 aliphatic carbocycles. The Bertz CT molecular complexity index is 531. The van der Waals surface area contributed by atoms with E-state index in [0.29, 0.717) is 12.1 Å². The lowest BCUT2D eigenvalue weighted by Crippen LogP contribution is -2.25. The number of amides is 1. The molecule has 0 bridgehead atoms. The molecule has 1 N–H and O–H groups in total. The summed E-state index contributed by atoms with van der Waals surface area (Å²) in [6, 6.07) is 8.17. The lowest BCUT2D eigenvalue weighted by molar-refractivity contribution is 0.0785. The van der Waals surface area contributed by atoms with Crippen molar-refractivity contribution in [2.45, 2.75) is 6.54 Å². The molecule has 2 rings (SSSR count). The lowest BCUT2D eigenvalue weighted by atomic mass is 10.2. The molecule has 100 valence electrons. The van der Waals surface area contributed by atoms with Crippen LogP contribution in [0.25, 0.3) is 0 Å². The predicted molar refractivity (Wildman–Crippen MR) is 75.2 cm³/mol. The van der Waals surface area contributed by atoms with E-state index in [-0.39, 0.29) is 5.91 Å². The first-order chi connectivity index (χ1) is 9.08. The maximum atomic E-state index is 12.0. The van der Waals surface area contributed by atoms with E-state index in [4.69, 9.17) is 0 Å². The molecule has 1 heterocycles. The maximum Gasteiger partial charge on any atom is 0.257 e. The van der Waals surface area contributed by atoms with Gasteiger partial charge in [0.1, 0.15) is 0 Å². The first-order valence-electron chi connectivity index (χ1n) is 6.08. The molecule has 1 aromatic heterocycles. The highest BCUT2D eigenvalue weighted by Gasteiger charge is 2.12. The van der Waals surface area contributed by atoms with Crippen LogP contribution in [-0.2, 0) is 6.54 Å². The number of aromatic amines is 1. The van der Waals surface area contributed by atoms with Crippen molar-refractivity contribution in [2.24, 2.45) is 0 Å². The van der Waals surface area contributed by atoms with Gasteiger partial charge in [-0.2, -0.15) is 5.10 Å². The van der Waals surface area contributed by atoms with Crippen LogP contribution in [0.1, 0.15) is 15.9 Å². The largest absolute Gasteiger partial charge is 0.378 e. The Morgan fingerprint density at radius 1 is 1.21 bits per heavy atom. The van der Waals surface area contributed by atoms with Crippen LogP contribution in [0.5, 0.6) is 0 Å². The quantitative estimate of drug-likeness (QED) is 0.909. The minimum Gasteiger partial charge on any atom is -0.378 e. The third-order valence-corrected chi connectivity index (χ3v) is 2.96. The molecule has 19 heavy (non-hydrogen) atoms. The molecule has 5 heteroatoms. The second-order valence-corrected chi connectivity index (χ2v) is 4.71. The number of aromatic nitrogens is 2. The third-order valence-electron chi connectivity index (χ3n) is 2.96. The summed E-state index contributed by atoms with van der Waals surface area (Å²) in [7, 11) is 5.79. The zero-order chi connectivity index (χ0) is 13.8. The standard InChI is InChI=1S/C14H18N4O/c1-17(2)13-6-4-11(5-7-13)10-18(3)14(19)12-8-15-16-9-12/h4-9H,10H2,1-3H3,(H,15,16). The van der Waals surface area contributed by atoms with Crippen molar-refractivity contribution in [3.05, 3.63) is 47.8 Å². The highest BCUT2D eigenvalue weighted by molar-refractivity contribution is 5.93. The molecule has 0 fully saturated rings. The van der Waals surface area contributed by atoms with E-state index in [1.54, 1.807) is 18.1 Å². The molecule has 0 radical (unpaired) electrons. The van der Waals surface area contributed by atoms with Crippen LogP contribution in [0, 0.1) is 0 Å². The minimum absolute atomic E-state index is 0.0366. The highest BCUT2D eigenvalue weighted by atomic mass is 16.2. The van der Waals surface area contributed by atoms with Crippen LogP contribution >= 0.6 is 0 Å². The first kappa shape index (κ1) is 13.1. The van der Waals surface area contributed by atoms with E-state index in [0.717, 1.165) is 11.3 Å². The van der Waals surface area contributed by atoms with Crippen molar-refractivity contribution in [3.8, 4) is 0 Å². The molecule has 1 amide bonds. The molecule has 0 unspecified atom stereocenters. The topological polar surface area (TPSA) is 52.2 Å². The molecule has 5 nitrogen and oxygen atoms in total. The van der Waals surface area contributed by atoms with Gasteiger partial charge in [-0.15, -0.1) is 0 Å². The Kier molecular flexibility index (Phi) is 3.85. The van der Waals surface area contributed by atoms with Gasteiger partial charge in [-0.05, 0) is 17.7 Å². The number of H-pyrrole nitrogens is 1. The first-order valence-corrected chi connectivity index (χ1v) is 6.08. The second kappa shape index (κ2) is 5.56. The fourth-order valence-electron chi connectivity index (χ4n) is 1.83. The summed E-state index contributed by atoms with van der Waals surface area (Å²) >= 11 is 0. The zero-order valence-corrected chi connectivity index (χ0v) is 11.4. The Labute approximate surface area is 112 Å². The Morgan fingerprint density at radius 3 is 2.42 bits per heavy atom. The summed E-state index contributed by atoms with van der Waals surface area (Å²) in [4.78, 5) is 15.8. The van der Waals surface area contributed by atoms with Crippen LogP contribution in [0.2, 0.25) is 0 Å². The molecule has 0 saturated carbocycles. The van der Waals surface area contributed by atoms with Gasteiger partial charge >= 0.3 is 0 Å². The maximum absolute atomic E-state index is 12.0. The number of carbonyl (C=O) groups excluding carboxylic acids is 1. The molecule has 1 aromatic carbocycles.